The highest BCUT2D eigenvalue weighted by molar-refractivity contribution is 5.87. The minimum atomic E-state index is -0.253. The second kappa shape index (κ2) is 6.82. The first-order chi connectivity index (χ1) is 6.74. The first-order valence-corrected chi connectivity index (χ1v) is 4.58. The van der Waals surface area contributed by atoms with Crippen LogP contribution >= 0.6 is 0 Å². The van der Waals surface area contributed by atoms with Crippen LogP contribution in [0.25, 0.3) is 0 Å². The van der Waals surface area contributed by atoms with Crippen molar-refractivity contribution in [2.75, 3.05) is 0 Å². The van der Waals surface area contributed by atoms with Gasteiger partial charge in [-0.3, -0.25) is 0 Å². The second-order valence-electron chi connectivity index (χ2n) is 3.03. The quantitative estimate of drug-likeness (QED) is 0.560. The number of hydrogen-bond acceptors (Lipinski definition) is 2. The van der Waals surface area contributed by atoms with Crippen LogP contribution in [0.4, 0.5) is 0 Å². The van der Waals surface area contributed by atoms with Gasteiger partial charge < -0.3 is 4.74 Å². The molecule has 1 aromatic carbocycles. The highest BCUT2D eigenvalue weighted by Crippen LogP contribution is 2.03. The molecule has 0 N–H and O–H groups in total. The van der Waals surface area contributed by atoms with Crippen LogP contribution in [-0.2, 0) is 16.1 Å². The number of ether oxygens (including phenoxy) is 1. The summed E-state index contributed by atoms with van der Waals surface area (Å²) in [6.07, 6.45) is 1.74. The minimum absolute atomic E-state index is 0. The summed E-state index contributed by atoms with van der Waals surface area (Å²) in [5, 5.41) is 0. The SMILES string of the molecule is C.C/C=C(/C)C(=O)OCc1ccccc1. The molecule has 0 saturated carbocycles. The van der Waals surface area contributed by atoms with Crippen LogP contribution in [0.15, 0.2) is 42.0 Å². The maximum absolute atomic E-state index is 11.3. The van der Waals surface area contributed by atoms with Gasteiger partial charge in [-0.15, -0.1) is 0 Å². The van der Waals surface area contributed by atoms with Gasteiger partial charge in [0.25, 0.3) is 0 Å². The zero-order valence-corrected chi connectivity index (χ0v) is 8.49. The van der Waals surface area contributed by atoms with Crippen molar-refractivity contribution in [1.82, 2.24) is 0 Å². The molecular weight excluding hydrogens is 188 g/mol. The van der Waals surface area contributed by atoms with E-state index in [1.165, 1.54) is 0 Å². The van der Waals surface area contributed by atoms with Crippen molar-refractivity contribution in [3.63, 3.8) is 0 Å². The molecule has 0 bridgehead atoms. The number of benzene rings is 1. The molecule has 1 rings (SSSR count). The van der Waals surface area contributed by atoms with E-state index in [0.717, 1.165) is 5.56 Å². The zero-order chi connectivity index (χ0) is 10.4. The van der Waals surface area contributed by atoms with Crippen molar-refractivity contribution >= 4 is 5.97 Å². The Labute approximate surface area is 91.6 Å². The fourth-order valence-corrected chi connectivity index (χ4v) is 0.955. The Hall–Kier alpha value is -1.57. The molecule has 1 aromatic rings. The van der Waals surface area contributed by atoms with E-state index in [0.29, 0.717) is 12.2 Å². The molecule has 0 aromatic heterocycles. The molecule has 0 aliphatic heterocycles. The lowest BCUT2D eigenvalue weighted by atomic mass is 10.2. The number of esters is 1. The summed E-state index contributed by atoms with van der Waals surface area (Å²) in [6.45, 7) is 3.90. The van der Waals surface area contributed by atoms with Crippen LogP contribution in [0.1, 0.15) is 26.8 Å². The molecule has 0 atom stereocenters. The third kappa shape index (κ3) is 4.45. The topological polar surface area (TPSA) is 26.3 Å². The lowest BCUT2D eigenvalue weighted by molar-refractivity contribution is -0.140. The summed E-state index contributed by atoms with van der Waals surface area (Å²) < 4.78 is 5.07. The Balaban J connectivity index is 0.00000196. The summed E-state index contributed by atoms with van der Waals surface area (Å²) in [5.74, 6) is -0.253. The highest BCUT2D eigenvalue weighted by Gasteiger charge is 2.03. The largest absolute Gasteiger partial charge is 0.457 e. The van der Waals surface area contributed by atoms with E-state index in [4.69, 9.17) is 4.74 Å². The molecule has 15 heavy (non-hydrogen) atoms. The lowest BCUT2D eigenvalue weighted by Gasteiger charge is -2.04. The highest BCUT2D eigenvalue weighted by atomic mass is 16.5. The second-order valence-corrected chi connectivity index (χ2v) is 3.03. The molecule has 2 nitrogen and oxygen atoms in total. The van der Waals surface area contributed by atoms with E-state index >= 15 is 0 Å². The van der Waals surface area contributed by atoms with E-state index in [-0.39, 0.29) is 13.4 Å². The predicted molar refractivity (Wildman–Crippen MR) is 62.4 cm³/mol. The van der Waals surface area contributed by atoms with Gasteiger partial charge in [0.1, 0.15) is 6.61 Å². The van der Waals surface area contributed by atoms with Gasteiger partial charge in [-0.1, -0.05) is 43.8 Å². The zero-order valence-electron chi connectivity index (χ0n) is 8.49. The van der Waals surface area contributed by atoms with Gasteiger partial charge >= 0.3 is 5.97 Å². The number of hydrogen-bond donors (Lipinski definition) is 0. The van der Waals surface area contributed by atoms with Crippen LogP contribution in [0.5, 0.6) is 0 Å². The van der Waals surface area contributed by atoms with Gasteiger partial charge in [0.05, 0.1) is 0 Å². The Bertz CT molecular complexity index is 326. The van der Waals surface area contributed by atoms with Crippen LogP contribution in [0.2, 0.25) is 0 Å². The summed E-state index contributed by atoms with van der Waals surface area (Å²) in [6, 6.07) is 9.64. The normalized spacial score (nSPS) is 10.4. The fourth-order valence-electron chi connectivity index (χ4n) is 0.955. The standard InChI is InChI=1S/C12H14O2.CH4/c1-3-10(2)12(13)14-9-11-7-5-4-6-8-11;/h3-8H,9H2,1-2H3;1H4/b10-3-;. The summed E-state index contributed by atoms with van der Waals surface area (Å²) >= 11 is 0. The summed E-state index contributed by atoms with van der Waals surface area (Å²) in [7, 11) is 0. The maximum Gasteiger partial charge on any atom is 0.333 e. The maximum atomic E-state index is 11.3. The molecule has 82 valence electrons. The third-order valence-electron chi connectivity index (χ3n) is 1.97. The van der Waals surface area contributed by atoms with E-state index in [1.54, 1.807) is 13.0 Å². The Morgan fingerprint density at radius 3 is 2.47 bits per heavy atom. The van der Waals surface area contributed by atoms with Crippen molar-refractivity contribution < 1.29 is 9.53 Å². The van der Waals surface area contributed by atoms with E-state index in [2.05, 4.69) is 0 Å². The average Bonchev–Trinajstić information content (AvgIpc) is 2.26. The van der Waals surface area contributed by atoms with Crippen molar-refractivity contribution in [2.24, 2.45) is 0 Å². The molecule has 0 saturated heterocycles. The van der Waals surface area contributed by atoms with E-state index in [9.17, 15) is 4.79 Å². The van der Waals surface area contributed by atoms with E-state index < -0.39 is 0 Å². The Kier molecular flexibility index (Phi) is 6.11. The first-order valence-electron chi connectivity index (χ1n) is 4.58. The molecule has 0 unspecified atom stereocenters. The lowest BCUT2D eigenvalue weighted by Crippen LogP contribution is -2.05. The Morgan fingerprint density at radius 1 is 1.33 bits per heavy atom. The van der Waals surface area contributed by atoms with Gasteiger partial charge in [0.2, 0.25) is 0 Å². The smallest absolute Gasteiger partial charge is 0.333 e. The van der Waals surface area contributed by atoms with E-state index in [1.807, 2.05) is 37.3 Å². The summed E-state index contributed by atoms with van der Waals surface area (Å²) in [4.78, 5) is 11.3. The van der Waals surface area contributed by atoms with Gasteiger partial charge in [0.15, 0.2) is 0 Å². The molecule has 2 heteroatoms. The molecule has 0 spiro atoms. The Morgan fingerprint density at radius 2 is 1.93 bits per heavy atom. The molecule has 0 amide bonds. The molecule has 0 aliphatic carbocycles. The van der Waals surface area contributed by atoms with Crippen molar-refractivity contribution in [3.8, 4) is 0 Å². The van der Waals surface area contributed by atoms with Crippen molar-refractivity contribution in [2.45, 2.75) is 27.9 Å². The number of rotatable bonds is 3. The van der Waals surface area contributed by atoms with Crippen molar-refractivity contribution in [1.29, 1.82) is 0 Å². The number of carbonyl (C=O) groups excluding carboxylic acids is 1. The van der Waals surface area contributed by atoms with Gasteiger partial charge in [-0.25, -0.2) is 4.79 Å². The van der Waals surface area contributed by atoms with Crippen LogP contribution in [-0.4, -0.2) is 5.97 Å². The van der Waals surface area contributed by atoms with Gasteiger partial charge in [0, 0.05) is 5.57 Å². The number of allylic oxidation sites excluding steroid dienone is 1. The summed E-state index contributed by atoms with van der Waals surface area (Å²) in [5.41, 5.74) is 1.64. The molecule has 0 heterocycles. The molecule has 0 radical (unpaired) electrons. The number of carbonyl (C=O) groups is 1. The van der Waals surface area contributed by atoms with Crippen LogP contribution in [0.3, 0.4) is 0 Å². The van der Waals surface area contributed by atoms with Crippen LogP contribution < -0.4 is 0 Å². The van der Waals surface area contributed by atoms with Gasteiger partial charge in [-0.2, -0.15) is 0 Å². The molecule has 0 fully saturated rings. The molecular formula is C13H18O2. The van der Waals surface area contributed by atoms with Gasteiger partial charge in [-0.05, 0) is 19.4 Å². The monoisotopic (exact) mass is 206 g/mol. The fraction of sp³-hybridized carbons (Fsp3) is 0.308. The third-order valence-corrected chi connectivity index (χ3v) is 1.97. The van der Waals surface area contributed by atoms with Crippen molar-refractivity contribution in [3.05, 3.63) is 47.5 Å². The minimum Gasteiger partial charge on any atom is -0.457 e. The molecule has 0 aliphatic rings. The first kappa shape index (κ1) is 13.4. The predicted octanol–water partition coefficient (Wildman–Crippen LogP) is 3.33. The average molecular weight is 206 g/mol. The van der Waals surface area contributed by atoms with Crippen LogP contribution in [0, 0.1) is 0 Å².